The quantitative estimate of drug-likeness (QED) is 0.864. The summed E-state index contributed by atoms with van der Waals surface area (Å²) < 4.78 is 13.0. The third-order valence-electron chi connectivity index (χ3n) is 4.24. The summed E-state index contributed by atoms with van der Waals surface area (Å²) in [5.74, 6) is -0.177. The van der Waals surface area contributed by atoms with Crippen LogP contribution in [0.5, 0.6) is 0 Å². The molecule has 1 unspecified atom stereocenters. The zero-order chi connectivity index (χ0) is 14.7. The Morgan fingerprint density at radius 2 is 1.57 bits per heavy atom. The van der Waals surface area contributed by atoms with Gasteiger partial charge in [-0.1, -0.05) is 0 Å². The number of rotatable bonds is 3. The molecule has 21 heavy (non-hydrogen) atoms. The molecule has 110 valence electrons. The molecule has 1 fully saturated rings. The van der Waals surface area contributed by atoms with E-state index in [9.17, 15) is 4.39 Å². The highest BCUT2D eigenvalue weighted by Gasteiger charge is 2.22. The summed E-state index contributed by atoms with van der Waals surface area (Å²) in [5, 5.41) is 0. The molecular formula is C17H20FN3. The van der Waals surface area contributed by atoms with Crippen LogP contribution in [0.4, 0.5) is 10.1 Å². The van der Waals surface area contributed by atoms with E-state index in [-0.39, 0.29) is 5.82 Å². The van der Waals surface area contributed by atoms with Crippen molar-refractivity contribution in [2.75, 3.05) is 31.1 Å². The third-order valence-corrected chi connectivity index (χ3v) is 4.24. The number of benzene rings is 1. The summed E-state index contributed by atoms with van der Waals surface area (Å²) in [6.45, 7) is 6.22. The minimum atomic E-state index is -0.177. The van der Waals surface area contributed by atoms with E-state index < -0.39 is 0 Å². The van der Waals surface area contributed by atoms with Gasteiger partial charge in [-0.05, 0) is 48.9 Å². The van der Waals surface area contributed by atoms with Gasteiger partial charge >= 0.3 is 0 Å². The molecule has 1 aromatic carbocycles. The van der Waals surface area contributed by atoms with Gasteiger partial charge in [-0.25, -0.2) is 4.39 Å². The van der Waals surface area contributed by atoms with Crippen molar-refractivity contribution in [2.45, 2.75) is 13.0 Å². The lowest BCUT2D eigenvalue weighted by atomic mass is 10.1. The molecule has 1 aromatic heterocycles. The number of nitrogens with zero attached hydrogens (tertiary/aromatic N) is 3. The van der Waals surface area contributed by atoms with Crippen molar-refractivity contribution in [3.8, 4) is 0 Å². The summed E-state index contributed by atoms with van der Waals surface area (Å²) in [6.07, 6.45) is 3.70. The summed E-state index contributed by atoms with van der Waals surface area (Å²) in [5.41, 5.74) is 2.41. The standard InChI is InChI=1S/C17H20FN3/c1-14(15-6-8-19-9-7-15)20-10-12-21(13-11-20)17-4-2-16(18)3-5-17/h2-9,14H,10-13H2,1H3. The van der Waals surface area contributed by atoms with Crippen LogP contribution in [0.15, 0.2) is 48.8 Å². The maximum absolute atomic E-state index is 13.0. The highest BCUT2D eigenvalue weighted by atomic mass is 19.1. The zero-order valence-corrected chi connectivity index (χ0v) is 12.2. The molecule has 0 spiro atoms. The number of halogens is 1. The van der Waals surface area contributed by atoms with Gasteiger partial charge < -0.3 is 4.90 Å². The first-order valence-electron chi connectivity index (χ1n) is 7.38. The monoisotopic (exact) mass is 285 g/mol. The average Bonchev–Trinajstić information content (AvgIpc) is 2.56. The van der Waals surface area contributed by atoms with Crippen LogP contribution in [-0.2, 0) is 0 Å². The molecule has 3 nitrogen and oxygen atoms in total. The lowest BCUT2D eigenvalue weighted by Crippen LogP contribution is -2.47. The molecule has 0 radical (unpaired) electrons. The van der Waals surface area contributed by atoms with Crippen molar-refractivity contribution >= 4 is 5.69 Å². The zero-order valence-electron chi connectivity index (χ0n) is 12.2. The molecule has 0 aliphatic carbocycles. The van der Waals surface area contributed by atoms with E-state index in [1.54, 1.807) is 0 Å². The van der Waals surface area contributed by atoms with Crippen LogP contribution in [0.2, 0.25) is 0 Å². The van der Waals surface area contributed by atoms with Crippen LogP contribution < -0.4 is 4.90 Å². The predicted octanol–water partition coefficient (Wildman–Crippen LogP) is 3.10. The fourth-order valence-electron chi connectivity index (χ4n) is 2.87. The van der Waals surface area contributed by atoms with Gasteiger partial charge in [0.1, 0.15) is 5.82 Å². The fourth-order valence-corrected chi connectivity index (χ4v) is 2.87. The summed E-state index contributed by atoms with van der Waals surface area (Å²) in [4.78, 5) is 8.87. The highest BCUT2D eigenvalue weighted by molar-refractivity contribution is 5.46. The van der Waals surface area contributed by atoms with E-state index in [0.29, 0.717) is 6.04 Å². The molecule has 1 aliphatic rings. The Balaban J connectivity index is 1.61. The fraction of sp³-hybridized carbons (Fsp3) is 0.353. The van der Waals surface area contributed by atoms with E-state index in [2.05, 4.69) is 33.8 Å². The Morgan fingerprint density at radius 1 is 0.952 bits per heavy atom. The Hall–Kier alpha value is -1.94. The lowest BCUT2D eigenvalue weighted by molar-refractivity contribution is 0.198. The van der Waals surface area contributed by atoms with Gasteiger partial charge in [0.2, 0.25) is 0 Å². The number of pyridine rings is 1. The van der Waals surface area contributed by atoms with E-state index in [0.717, 1.165) is 31.9 Å². The van der Waals surface area contributed by atoms with E-state index in [1.807, 2.05) is 24.5 Å². The minimum absolute atomic E-state index is 0.177. The molecule has 2 heterocycles. The number of anilines is 1. The molecular weight excluding hydrogens is 265 g/mol. The molecule has 2 aromatic rings. The summed E-state index contributed by atoms with van der Waals surface area (Å²) in [7, 11) is 0. The molecule has 1 saturated heterocycles. The van der Waals surface area contributed by atoms with Crippen molar-refractivity contribution in [1.82, 2.24) is 9.88 Å². The van der Waals surface area contributed by atoms with Crippen LogP contribution in [0.1, 0.15) is 18.5 Å². The topological polar surface area (TPSA) is 19.4 Å². The Kier molecular flexibility index (Phi) is 4.15. The number of aromatic nitrogens is 1. The second-order valence-electron chi connectivity index (χ2n) is 5.46. The Bertz CT molecular complexity index is 562. The molecule has 1 atom stereocenters. The van der Waals surface area contributed by atoms with Crippen LogP contribution in [-0.4, -0.2) is 36.1 Å². The van der Waals surface area contributed by atoms with Gasteiger partial charge in [-0.2, -0.15) is 0 Å². The predicted molar refractivity (Wildman–Crippen MR) is 82.8 cm³/mol. The third kappa shape index (κ3) is 3.22. The van der Waals surface area contributed by atoms with Gasteiger partial charge in [0, 0.05) is 50.3 Å². The molecule has 0 amide bonds. The first-order chi connectivity index (χ1) is 10.2. The first-order valence-corrected chi connectivity index (χ1v) is 7.38. The molecule has 0 saturated carbocycles. The lowest BCUT2D eigenvalue weighted by Gasteiger charge is -2.39. The summed E-state index contributed by atoms with van der Waals surface area (Å²) in [6, 6.07) is 11.3. The maximum Gasteiger partial charge on any atom is 0.123 e. The summed E-state index contributed by atoms with van der Waals surface area (Å²) >= 11 is 0. The second kappa shape index (κ2) is 6.22. The highest BCUT2D eigenvalue weighted by Crippen LogP contribution is 2.23. The largest absolute Gasteiger partial charge is 0.369 e. The molecule has 1 aliphatic heterocycles. The molecule has 3 rings (SSSR count). The molecule has 0 bridgehead atoms. The Morgan fingerprint density at radius 3 is 2.19 bits per heavy atom. The number of hydrogen-bond donors (Lipinski definition) is 0. The minimum Gasteiger partial charge on any atom is -0.369 e. The van der Waals surface area contributed by atoms with Crippen LogP contribution in [0.3, 0.4) is 0 Å². The maximum atomic E-state index is 13.0. The van der Waals surface area contributed by atoms with E-state index in [4.69, 9.17) is 0 Å². The number of piperazine rings is 1. The van der Waals surface area contributed by atoms with Crippen molar-refractivity contribution in [2.24, 2.45) is 0 Å². The van der Waals surface area contributed by atoms with Gasteiger partial charge in [0.15, 0.2) is 0 Å². The van der Waals surface area contributed by atoms with Gasteiger partial charge in [0.25, 0.3) is 0 Å². The van der Waals surface area contributed by atoms with Crippen LogP contribution >= 0.6 is 0 Å². The van der Waals surface area contributed by atoms with E-state index in [1.165, 1.54) is 17.7 Å². The first kappa shape index (κ1) is 14.0. The molecule has 0 N–H and O–H groups in total. The smallest absolute Gasteiger partial charge is 0.123 e. The van der Waals surface area contributed by atoms with Crippen LogP contribution in [0, 0.1) is 5.82 Å². The number of hydrogen-bond acceptors (Lipinski definition) is 3. The SMILES string of the molecule is CC(c1ccncc1)N1CCN(c2ccc(F)cc2)CC1. The molecule has 4 heteroatoms. The van der Waals surface area contributed by atoms with Gasteiger partial charge in [-0.15, -0.1) is 0 Å². The van der Waals surface area contributed by atoms with Crippen molar-refractivity contribution in [3.05, 3.63) is 60.2 Å². The van der Waals surface area contributed by atoms with Crippen molar-refractivity contribution in [3.63, 3.8) is 0 Å². The van der Waals surface area contributed by atoms with Gasteiger partial charge in [-0.3, -0.25) is 9.88 Å². The second-order valence-corrected chi connectivity index (χ2v) is 5.46. The van der Waals surface area contributed by atoms with Gasteiger partial charge in [0.05, 0.1) is 0 Å². The van der Waals surface area contributed by atoms with Crippen molar-refractivity contribution < 1.29 is 4.39 Å². The van der Waals surface area contributed by atoms with Crippen LogP contribution in [0.25, 0.3) is 0 Å². The average molecular weight is 285 g/mol. The van der Waals surface area contributed by atoms with Crippen molar-refractivity contribution in [1.29, 1.82) is 0 Å². The van der Waals surface area contributed by atoms with E-state index >= 15 is 0 Å². The Labute approximate surface area is 125 Å². The normalized spacial score (nSPS) is 17.7.